The van der Waals surface area contributed by atoms with Crippen molar-refractivity contribution >= 4 is 0 Å². The maximum atomic E-state index is 5.86. The number of nitrogens with two attached hydrogens (primary N) is 1. The maximum absolute atomic E-state index is 5.86. The second-order valence-corrected chi connectivity index (χ2v) is 4.01. The molecule has 0 aromatic carbocycles. The molecule has 2 heterocycles. The molecule has 1 aliphatic heterocycles. The van der Waals surface area contributed by atoms with E-state index in [-0.39, 0.29) is 6.04 Å². The fraction of sp³-hybridized carbons (Fsp3) is 0.583. The Bertz CT molecular complexity index is 296. The fourth-order valence-electron chi connectivity index (χ4n) is 2.11. The molecule has 4 nitrogen and oxygen atoms in total. The topological polar surface area (TPSA) is 51.4 Å². The molecule has 0 radical (unpaired) electrons. The largest absolute Gasteiger partial charge is 0.380 e. The third-order valence-corrected chi connectivity index (χ3v) is 2.95. The Balaban J connectivity index is 2.09. The lowest BCUT2D eigenvalue weighted by atomic mass is 10.1. The molecular weight excluding hydrogens is 202 g/mol. The molecule has 1 aromatic rings. The maximum Gasteiger partial charge on any atom is 0.0645 e. The van der Waals surface area contributed by atoms with E-state index in [1.165, 1.54) is 0 Å². The van der Waals surface area contributed by atoms with Gasteiger partial charge >= 0.3 is 0 Å². The molecule has 2 N–H and O–H groups in total. The standard InChI is InChI=1S/C12H19N3O/c13-10-12(11-4-1-2-5-14-11)15-6-3-8-16-9-7-15/h1-2,4-5,12H,3,6-10,13H2. The van der Waals surface area contributed by atoms with Crippen LogP contribution >= 0.6 is 0 Å². The van der Waals surface area contributed by atoms with Crippen molar-refractivity contribution in [2.24, 2.45) is 5.73 Å². The van der Waals surface area contributed by atoms with Gasteiger partial charge in [0.15, 0.2) is 0 Å². The highest BCUT2D eigenvalue weighted by atomic mass is 16.5. The number of ether oxygens (including phenoxy) is 1. The van der Waals surface area contributed by atoms with Gasteiger partial charge in [0.05, 0.1) is 18.3 Å². The first-order valence-electron chi connectivity index (χ1n) is 5.84. The van der Waals surface area contributed by atoms with Crippen molar-refractivity contribution in [3.63, 3.8) is 0 Å². The molecule has 0 saturated carbocycles. The third-order valence-electron chi connectivity index (χ3n) is 2.95. The average Bonchev–Trinajstić information content (AvgIpc) is 2.61. The molecule has 1 atom stereocenters. The minimum absolute atomic E-state index is 0.225. The SMILES string of the molecule is NCC(c1ccccn1)N1CCCOCC1. The summed E-state index contributed by atoms with van der Waals surface area (Å²) in [5.41, 5.74) is 6.93. The third kappa shape index (κ3) is 2.78. The Hall–Kier alpha value is -0.970. The molecule has 4 heteroatoms. The monoisotopic (exact) mass is 221 g/mol. The number of hydrogen-bond donors (Lipinski definition) is 1. The van der Waals surface area contributed by atoms with Crippen LogP contribution in [0.4, 0.5) is 0 Å². The van der Waals surface area contributed by atoms with Crippen LogP contribution in [0.15, 0.2) is 24.4 Å². The van der Waals surface area contributed by atoms with Gasteiger partial charge in [-0.05, 0) is 18.6 Å². The summed E-state index contributed by atoms with van der Waals surface area (Å²) in [6, 6.07) is 6.22. The minimum atomic E-state index is 0.225. The van der Waals surface area contributed by atoms with Gasteiger partial charge in [-0.3, -0.25) is 9.88 Å². The second-order valence-electron chi connectivity index (χ2n) is 4.01. The van der Waals surface area contributed by atoms with E-state index in [1.54, 1.807) is 0 Å². The van der Waals surface area contributed by atoms with Crippen LogP contribution in [-0.2, 0) is 4.74 Å². The summed E-state index contributed by atoms with van der Waals surface area (Å²) >= 11 is 0. The van der Waals surface area contributed by atoms with Gasteiger partial charge in [0.25, 0.3) is 0 Å². The average molecular weight is 221 g/mol. The van der Waals surface area contributed by atoms with Crippen molar-refractivity contribution in [2.75, 3.05) is 32.8 Å². The molecule has 1 unspecified atom stereocenters. The van der Waals surface area contributed by atoms with Crippen molar-refractivity contribution in [2.45, 2.75) is 12.5 Å². The summed E-state index contributed by atoms with van der Waals surface area (Å²) in [5.74, 6) is 0. The van der Waals surface area contributed by atoms with Crippen molar-refractivity contribution in [1.82, 2.24) is 9.88 Å². The van der Waals surface area contributed by atoms with E-state index in [0.29, 0.717) is 6.54 Å². The molecule has 2 rings (SSSR count). The summed E-state index contributed by atoms with van der Waals surface area (Å²) in [5, 5.41) is 0. The highest BCUT2D eigenvalue weighted by Crippen LogP contribution is 2.18. The smallest absolute Gasteiger partial charge is 0.0645 e. The van der Waals surface area contributed by atoms with Gasteiger partial charge in [0, 0.05) is 32.4 Å². The van der Waals surface area contributed by atoms with Crippen LogP contribution in [0, 0.1) is 0 Å². The Morgan fingerprint density at radius 2 is 2.31 bits per heavy atom. The summed E-state index contributed by atoms with van der Waals surface area (Å²) in [6.07, 6.45) is 2.90. The first kappa shape index (κ1) is 11.5. The van der Waals surface area contributed by atoms with E-state index in [0.717, 1.165) is 38.4 Å². The summed E-state index contributed by atoms with van der Waals surface area (Å²) in [4.78, 5) is 6.76. The van der Waals surface area contributed by atoms with E-state index >= 15 is 0 Å². The molecule has 1 fully saturated rings. The molecular formula is C12H19N3O. The number of pyridine rings is 1. The molecule has 1 saturated heterocycles. The fourth-order valence-corrected chi connectivity index (χ4v) is 2.11. The number of aromatic nitrogens is 1. The van der Waals surface area contributed by atoms with Crippen molar-refractivity contribution in [3.05, 3.63) is 30.1 Å². The second kappa shape index (κ2) is 5.94. The molecule has 88 valence electrons. The zero-order chi connectivity index (χ0) is 11.2. The first-order chi connectivity index (χ1) is 7.92. The van der Waals surface area contributed by atoms with Crippen molar-refractivity contribution < 1.29 is 4.74 Å². The van der Waals surface area contributed by atoms with E-state index in [9.17, 15) is 0 Å². The normalized spacial score (nSPS) is 20.3. The van der Waals surface area contributed by atoms with E-state index in [4.69, 9.17) is 10.5 Å². The zero-order valence-electron chi connectivity index (χ0n) is 9.51. The van der Waals surface area contributed by atoms with Gasteiger partial charge in [-0.2, -0.15) is 0 Å². The highest BCUT2D eigenvalue weighted by molar-refractivity contribution is 5.09. The lowest BCUT2D eigenvalue weighted by molar-refractivity contribution is 0.132. The molecule has 1 aliphatic rings. The number of nitrogens with zero attached hydrogens (tertiary/aromatic N) is 2. The van der Waals surface area contributed by atoms with Crippen LogP contribution < -0.4 is 5.73 Å². The summed E-state index contributed by atoms with van der Waals surface area (Å²) in [6.45, 7) is 4.24. The predicted molar refractivity (Wildman–Crippen MR) is 63.0 cm³/mol. The van der Waals surface area contributed by atoms with Crippen molar-refractivity contribution in [3.8, 4) is 0 Å². The van der Waals surface area contributed by atoms with Gasteiger partial charge in [0.2, 0.25) is 0 Å². The van der Waals surface area contributed by atoms with Crippen LogP contribution in [0.1, 0.15) is 18.2 Å². The molecule has 0 aliphatic carbocycles. The number of rotatable bonds is 3. The van der Waals surface area contributed by atoms with E-state index in [2.05, 4.69) is 9.88 Å². The van der Waals surface area contributed by atoms with Crippen LogP contribution in [-0.4, -0.2) is 42.7 Å². The van der Waals surface area contributed by atoms with Gasteiger partial charge in [-0.1, -0.05) is 6.07 Å². The molecule has 0 bridgehead atoms. The Morgan fingerprint density at radius 3 is 3.06 bits per heavy atom. The van der Waals surface area contributed by atoms with Crippen LogP contribution in [0.5, 0.6) is 0 Å². The van der Waals surface area contributed by atoms with Gasteiger partial charge in [-0.15, -0.1) is 0 Å². The molecule has 0 spiro atoms. The molecule has 16 heavy (non-hydrogen) atoms. The van der Waals surface area contributed by atoms with Crippen LogP contribution in [0.3, 0.4) is 0 Å². The highest BCUT2D eigenvalue weighted by Gasteiger charge is 2.20. The lowest BCUT2D eigenvalue weighted by Crippen LogP contribution is -2.36. The van der Waals surface area contributed by atoms with E-state index in [1.807, 2.05) is 24.4 Å². The van der Waals surface area contributed by atoms with Crippen molar-refractivity contribution in [1.29, 1.82) is 0 Å². The minimum Gasteiger partial charge on any atom is -0.380 e. The van der Waals surface area contributed by atoms with Gasteiger partial charge in [-0.25, -0.2) is 0 Å². The quantitative estimate of drug-likeness (QED) is 0.820. The predicted octanol–water partition coefficient (Wildman–Crippen LogP) is 0.804. The Labute approximate surface area is 96.4 Å². The Kier molecular flexibility index (Phi) is 4.27. The van der Waals surface area contributed by atoms with Crippen LogP contribution in [0.25, 0.3) is 0 Å². The summed E-state index contributed by atoms with van der Waals surface area (Å²) in [7, 11) is 0. The van der Waals surface area contributed by atoms with Gasteiger partial charge in [0.1, 0.15) is 0 Å². The molecule has 0 amide bonds. The molecule has 1 aromatic heterocycles. The zero-order valence-corrected chi connectivity index (χ0v) is 9.51. The van der Waals surface area contributed by atoms with Crippen LogP contribution in [0.2, 0.25) is 0 Å². The summed E-state index contributed by atoms with van der Waals surface area (Å²) < 4.78 is 5.45. The van der Waals surface area contributed by atoms with E-state index < -0.39 is 0 Å². The first-order valence-corrected chi connectivity index (χ1v) is 5.84. The van der Waals surface area contributed by atoms with Gasteiger partial charge < -0.3 is 10.5 Å². The lowest BCUT2D eigenvalue weighted by Gasteiger charge is -2.28. The Morgan fingerprint density at radius 1 is 1.38 bits per heavy atom. The number of hydrogen-bond acceptors (Lipinski definition) is 4.